The van der Waals surface area contributed by atoms with E-state index in [9.17, 15) is 4.79 Å². The van der Waals surface area contributed by atoms with Gasteiger partial charge in [-0.25, -0.2) is 0 Å². The van der Waals surface area contributed by atoms with Gasteiger partial charge in [-0.2, -0.15) is 0 Å². The third kappa shape index (κ3) is 2.77. The van der Waals surface area contributed by atoms with Crippen molar-refractivity contribution in [3.8, 4) is 0 Å². The van der Waals surface area contributed by atoms with Crippen molar-refractivity contribution in [1.29, 1.82) is 0 Å². The molecule has 0 aromatic rings. The predicted octanol–water partition coefficient (Wildman–Crippen LogP) is 1.39. The van der Waals surface area contributed by atoms with Gasteiger partial charge in [0.1, 0.15) is 0 Å². The second-order valence-corrected chi connectivity index (χ2v) is 6.57. The molecular weight excluding hydrogens is 258 g/mol. The minimum absolute atomic E-state index is 0.151. The minimum atomic E-state index is -0.555. The van der Waals surface area contributed by atoms with E-state index in [1.807, 2.05) is 11.9 Å². The largest absolute Gasteiger partial charge is 0.392 e. The molecule has 108 valence electrons. The highest BCUT2D eigenvalue weighted by Crippen LogP contribution is 2.40. The van der Waals surface area contributed by atoms with Gasteiger partial charge in [0.25, 0.3) is 0 Å². The minimum Gasteiger partial charge on any atom is -0.392 e. The molecule has 2 N–H and O–H groups in total. The maximum absolute atomic E-state index is 12.9. The van der Waals surface area contributed by atoms with E-state index in [0.29, 0.717) is 11.0 Å². The van der Waals surface area contributed by atoms with Crippen LogP contribution in [0.3, 0.4) is 0 Å². The second kappa shape index (κ2) is 5.75. The van der Waals surface area contributed by atoms with Crippen molar-refractivity contribution in [3.05, 3.63) is 0 Å². The Morgan fingerprint density at radius 2 is 2.00 bits per heavy atom. The summed E-state index contributed by atoms with van der Waals surface area (Å²) in [6.45, 7) is 2.08. The first-order valence-corrected chi connectivity index (χ1v) is 7.64. The second-order valence-electron chi connectivity index (χ2n) is 6.13. The van der Waals surface area contributed by atoms with Crippen LogP contribution in [0, 0.1) is 5.41 Å². The Morgan fingerprint density at radius 3 is 2.53 bits per heavy atom. The van der Waals surface area contributed by atoms with Crippen LogP contribution in [-0.2, 0) is 4.79 Å². The van der Waals surface area contributed by atoms with E-state index in [4.69, 9.17) is 18.0 Å². The van der Waals surface area contributed by atoms with Crippen LogP contribution in [0.2, 0.25) is 0 Å². The Hall–Kier alpha value is -0.680. The zero-order valence-electron chi connectivity index (χ0n) is 12.0. The lowest BCUT2D eigenvalue weighted by Crippen LogP contribution is -2.54. The summed E-state index contributed by atoms with van der Waals surface area (Å²) in [7, 11) is 4.04. The zero-order chi connectivity index (χ0) is 14.0. The van der Waals surface area contributed by atoms with Crippen LogP contribution < -0.4 is 5.73 Å². The molecule has 2 rings (SSSR count). The van der Waals surface area contributed by atoms with Gasteiger partial charge in [-0.1, -0.05) is 25.1 Å². The molecule has 4 nitrogen and oxygen atoms in total. The molecule has 0 aromatic heterocycles. The summed E-state index contributed by atoms with van der Waals surface area (Å²) in [5, 5.41) is 0. The Morgan fingerprint density at radius 1 is 1.37 bits per heavy atom. The van der Waals surface area contributed by atoms with Gasteiger partial charge >= 0.3 is 0 Å². The van der Waals surface area contributed by atoms with Gasteiger partial charge in [0.15, 0.2) is 0 Å². The van der Waals surface area contributed by atoms with Gasteiger partial charge in [-0.15, -0.1) is 0 Å². The van der Waals surface area contributed by atoms with Crippen LogP contribution >= 0.6 is 12.2 Å². The van der Waals surface area contributed by atoms with E-state index < -0.39 is 5.41 Å². The lowest BCUT2D eigenvalue weighted by atomic mass is 9.83. The lowest BCUT2D eigenvalue weighted by Gasteiger charge is -2.40. The van der Waals surface area contributed by atoms with E-state index in [-0.39, 0.29) is 5.91 Å². The maximum atomic E-state index is 12.9. The third-order valence-electron chi connectivity index (χ3n) is 4.81. The maximum Gasteiger partial charge on any atom is 0.235 e. The van der Waals surface area contributed by atoms with Gasteiger partial charge in [0.05, 0.1) is 10.4 Å². The molecule has 1 saturated carbocycles. The molecule has 19 heavy (non-hydrogen) atoms. The number of rotatable bonds is 3. The number of carbonyl (C=O) groups is 1. The molecule has 0 bridgehead atoms. The number of likely N-dealkylation sites (N-methyl/N-ethyl adjacent to an activating group) is 2. The van der Waals surface area contributed by atoms with Crippen molar-refractivity contribution < 1.29 is 4.79 Å². The van der Waals surface area contributed by atoms with Crippen LogP contribution in [0.25, 0.3) is 0 Å². The number of hydrogen-bond donors (Lipinski definition) is 1. The van der Waals surface area contributed by atoms with E-state index in [1.54, 1.807) is 0 Å². The molecule has 0 radical (unpaired) electrons. The Bertz CT molecular complexity index is 366. The molecular formula is C14H25N3OS. The highest BCUT2D eigenvalue weighted by molar-refractivity contribution is 7.80. The summed E-state index contributed by atoms with van der Waals surface area (Å²) < 4.78 is 0. The van der Waals surface area contributed by atoms with Crippen molar-refractivity contribution in [2.24, 2.45) is 11.1 Å². The lowest BCUT2D eigenvalue weighted by molar-refractivity contribution is -0.139. The molecule has 1 atom stereocenters. The predicted molar refractivity (Wildman–Crippen MR) is 81.0 cm³/mol. The number of likely N-dealkylation sites (tertiary alicyclic amines) is 1. The summed E-state index contributed by atoms with van der Waals surface area (Å²) in [5.74, 6) is 0.151. The zero-order valence-corrected chi connectivity index (χ0v) is 12.8. The smallest absolute Gasteiger partial charge is 0.235 e. The molecule has 2 aliphatic rings. The van der Waals surface area contributed by atoms with Crippen molar-refractivity contribution in [1.82, 2.24) is 9.80 Å². The monoisotopic (exact) mass is 283 g/mol. The highest BCUT2D eigenvalue weighted by atomic mass is 32.1. The summed E-state index contributed by atoms with van der Waals surface area (Å²) in [6.07, 6.45) is 6.00. The fraction of sp³-hybridized carbons (Fsp3) is 0.857. The Labute approximate surface area is 121 Å². The van der Waals surface area contributed by atoms with E-state index >= 15 is 0 Å². The number of hydrogen-bond acceptors (Lipinski definition) is 3. The SMILES string of the molecule is CN1CCCC(N(C)C(=O)C2(C(N)=S)CCCC2)C1. The van der Waals surface area contributed by atoms with Crippen molar-refractivity contribution in [3.63, 3.8) is 0 Å². The number of thiocarbonyl (C=S) groups is 1. The molecule has 1 saturated heterocycles. The number of nitrogens with zero attached hydrogens (tertiary/aromatic N) is 2. The van der Waals surface area contributed by atoms with Crippen LogP contribution in [0.1, 0.15) is 38.5 Å². The fourth-order valence-electron chi connectivity index (χ4n) is 3.50. The summed E-state index contributed by atoms with van der Waals surface area (Å²) in [5.41, 5.74) is 5.35. The average molecular weight is 283 g/mol. The standard InChI is InChI=1S/C14H25N3OS/c1-16-9-5-6-11(10-16)17(2)13(18)14(12(15)19)7-3-4-8-14/h11H,3-10H2,1-2H3,(H2,15,19). The fourth-order valence-corrected chi connectivity index (χ4v) is 3.79. The average Bonchev–Trinajstić information content (AvgIpc) is 2.87. The van der Waals surface area contributed by atoms with Gasteiger partial charge in [0, 0.05) is 19.6 Å². The van der Waals surface area contributed by atoms with E-state index in [0.717, 1.165) is 51.6 Å². The first kappa shape index (κ1) is 14.7. The molecule has 1 aliphatic heterocycles. The summed E-state index contributed by atoms with van der Waals surface area (Å²) in [6, 6.07) is 0.304. The molecule has 1 heterocycles. The quantitative estimate of drug-likeness (QED) is 0.795. The molecule has 2 fully saturated rings. The number of amides is 1. The molecule has 0 spiro atoms. The van der Waals surface area contributed by atoms with Crippen LogP contribution in [0.5, 0.6) is 0 Å². The van der Waals surface area contributed by atoms with Gasteiger partial charge in [-0.3, -0.25) is 4.79 Å². The molecule has 0 aromatic carbocycles. The third-order valence-corrected chi connectivity index (χ3v) is 5.20. The first-order valence-electron chi connectivity index (χ1n) is 7.23. The van der Waals surface area contributed by atoms with Gasteiger partial charge in [-0.05, 0) is 39.3 Å². The van der Waals surface area contributed by atoms with Crippen molar-refractivity contribution in [2.75, 3.05) is 27.2 Å². The van der Waals surface area contributed by atoms with Crippen molar-refractivity contribution >= 4 is 23.1 Å². The Balaban J connectivity index is 2.11. The van der Waals surface area contributed by atoms with Gasteiger partial charge < -0.3 is 15.5 Å². The molecule has 1 aliphatic carbocycles. The highest BCUT2D eigenvalue weighted by Gasteiger charge is 2.46. The number of piperidine rings is 1. The number of carbonyl (C=O) groups excluding carboxylic acids is 1. The van der Waals surface area contributed by atoms with Crippen LogP contribution in [-0.4, -0.2) is 53.9 Å². The van der Waals surface area contributed by atoms with Crippen molar-refractivity contribution in [2.45, 2.75) is 44.6 Å². The summed E-state index contributed by atoms with van der Waals surface area (Å²) in [4.78, 5) is 17.5. The molecule has 1 unspecified atom stereocenters. The van der Waals surface area contributed by atoms with Crippen LogP contribution in [0.15, 0.2) is 0 Å². The summed E-state index contributed by atoms with van der Waals surface area (Å²) >= 11 is 5.21. The number of nitrogens with two attached hydrogens (primary N) is 1. The first-order chi connectivity index (χ1) is 8.97. The molecule has 1 amide bonds. The topological polar surface area (TPSA) is 49.6 Å². The van der Waals surface area contributed by atoms with E-state index in [2.05, 4.69) is 11.9 Å². The molecule has 5 heteroatoms. The van der Waals surface area contributed by atoms with E-state index in [1.165, 1.54) is 0 Å². The van der Waals surface area contributed by atoms with Crippen LogP contribution in [0.4, 0.5) is 0 Å². The van der Waals surface area contributed by atoms with Gasteiger partial charge in [0.2, 0.25) is 5.91 Å². The Kier molecular flexibility index (Phi) is 4.46. The normalized spacial score (nSPS) is 27.2.